The van der Waals surface area contributed by atoms with Gasteiger partial charge in [-0.3, -0.25) is 0 Å². The van der Waals surface area contributed by atoms with Gasteiger partial charge in [0.25, 0.3) is 0 Å². The minimum Gasteiger partial charge on any atom is -0.348 e. The monoisotopic (exact) mass is 268 g/mol. The number of aryl methyl sites for hydroxylation is 1. The van der Waals surface area contributed by atoms with Crippen LogP contribution in [0.15, 0.2) is 6.20 Å². The van der Waals surface area contributed by atoms with E-state index in [0.717, 1.165) is 45.4 Å². The molecule has 1 aliphatic heterocycles. The molecule has 1 N–H and O–H groups in total. The Labute approximate surface area is 112 Å². The summed E-state index contributed by atoms with van der Waals surface area (Å²) in [7, 11) is 0. The fraction of sp³-hybridized carbons (Fsp3) is 0.769. The first kappa shape index (κ1) is 12.5. The van der Waals surface area contributed by atoms with Crippen LogP contribution in [0.25, 0.3) is 0 Å². The second kappa shape index (κ2) is 5.25. The fourth-order valence-electron chi connectivity index (χ4n) is 2.76. The van der Waals surface area contributed by atoms with Gasteiger partial charge in [0, 0.05) is 36.5 Å². The van der Waals surface area contributed by atoms with Crippen molar-refractivity contribution < 1.29 is 9.47 Å². The van der Waals surface area contributed by atoms with Gasteiger partial charge in [-0.15, -0.1) is 11.3 Å². The molecule has 0 atom stereocenters. The van der Waals surface area contributed by atoms with Crippen LogP contribution in [0.2, 0.25) is 0 Å². The van der Waals surface area contributed by atoms with Crippen LogP contribution in [0.4, 0.5) is 0 Å². The van der Waals surface area contributed by atoms with Crippen molar-refractivity contribution in [2.24, 2.45) is 0 Å². The highest BCUT2D eigenvalue weighted by Crippen LogP contribution is 2.35. The molecule has 2 aliphatic rings. The van der Waals surface area contributed by atoms with E-state index in [2.05, 4.69) is 17.2 Å². The normalized spacial score (nSPS) is 23.8. The van der Waals surface area contributed by atoms with Crippen molar-refractivity contribution in [3.05, 3.63) is 16.1 Å². The Morgan fingerprint density at radius 1 is 1.39 bits per heavy atom. The van der Waals surface area contributed by atoms with Gasteiger partial charge >= 0.3 is 0 Å². The van der Waals surface area contributed by atoms with Crippen LogP contribution in [0.5, 0.6) is 0 Å². The van der Waals surface area contributed by atoms with Crippen molar-refractivity contribution in [2.75, 3.05) is 13.2 Å². The zero-order valence-electron chi connectivity index (χ0n) is 10.8. The summed E-state index contributed by atoms with van der Waals surface area (Å²) < 4.78 is 11.5. The van der Waals surface area contributed by atoms with Crippen molar-refractivity contribution in [1.29, 1.82) is 0 Å². The summed E-state index contributed by atoms with van der Waals surface area (Å²) in [6, 6.07) is 0.577. The summed E-state index contributed by atoms with van der Waals surface area (Å²) in [6.07, 6.45) is 6.23. The molecule has 1 saturated heterocycles. The molecule has 100 valence electrons. The van der Waals surface area contributed by atoms with Crippen molar-refractivity contribution in [3.8, 4) is 0 Å². The molecule has 0 radical (unpaired) electrons. The van der Waals surface area contributed by atoms with Gasteiger partial charge in [0.2, 0.25) is 0 Å². The number of rotatable bonds is 3. The van der Waals surface area contributed by atoms with E-state index >= 15 is 0 Å². The largest absolute Gasteiger partial charge is 0.348 e. The smallest absolute Gasteiger partial charge is 0.168 e. The molecule has 2 fully saturated rings. The third-order valence-electron chi connectivity index (χ3n) is 3.77. The van der Waals surface area contributed by atoms with E-state index in [0.29, 0.717) is 6.04 Å². The van der Waals surface area contributed by atoms with Crippen LogP contribution in [-0.4, -0.2) is 30.0 Å². The lowest BCUT2D eigenvalue weighted by molar-refractivity contribution is -0.179. The summed E-state index contributed by atoms with van der Waals surface area (Å²) >= 11 is 1.77. The molecule has 1 aromatic rings. The van der Waals surface area contributed by atoms with E-state index in [9.17, 15) is 0 Å². The van der Waals surface area contributed by atoms with Crippen LogP contribution < -0.4 is 5.32 Å². The number of ether oxygens (including phenoxy) is 2. The Bertz CT molecular complexity index is 391. The lowest BCUT2D eigenvalue weighted by atomic mass is 9.90. The first-order valence-electron chi connectivity index (χ1n) is 6.68. The van der Waals surface area contributed by atoms with Crippen LogP contribution in [0.1, 0.15) is 35.6 Å². The number of nitrogens with one attached hydrogen (secondary N) is 1. The molecule has 5 heteroatoms. The second-order valence-corrected chi connectivity index (χ2v) is 6.45. The van der Waals surface area contributed by atoms with Crippen molar-refractivity contribution in [3.63, 3.8) is 0 Å². The summed E-state index contributed by atoms with van der Waals surface area (Å²) in [5.41, 5.74) is 0. The average molecular weight is 268 g/mol. The lowest BCUT2D eigenvalue weighted by Gasteiger charge is -2.35. The Hall–Kier alpha value is -0.490. The number of aromatic nitrogens is 1. The molecule has 1 aliphatic carbocycles. The zero-order chi connectivity index (χ0) is 12.4. The van der Waals surface area contributed by atoms with Crippen molar-refractivity contribution in [2.45, 2.75) is 51.0 Å². The molecule has 2 heterocycles. The second-order valence-electron chi connectivity index (χ2n) is 5.13. The predicted molar refractivity (Wildman–Crippen MR) is 70.6 cm³/mol. The van der Waals surface area contributed by atoms with Crippen LogP contribution in [-0.2, 0) is 16.0 Å². The van der Waals surface area contributed by atoms with Crippen LogP contribution in [0.3, 0.4) is 0 Å². The molecule has 3 rings (SSSR count). The zero-order valence-corrected chi connectivity index (χ0v) is 11.6. The summed E-state index contributed by atoms with van der Waals surface area (Å²) in [5, 5.41) is 4.78. The van der Waals surface area contributed by atoms with Crippen LogP contribution >= 0.6 is 11.3 Å². The molecule has 0 aromatic carbocycles. The molecular formula is C13H20N2O2S. The maximum absolute atomic E-state index is 5.74. The van der Waals surface area contributed by atoms with E-state index < -0.39 is 0 Å². The van der Waals surface area contributed by atoms with E-state index in [1.807, 2.05) is 6.20 Å². The first-order valence-corrected chi connectivity index (χ1v) is 7.50. The van der Waals surface area contributed by atoms with E-state index in [4.69, 9.17) is 9.47 Å². The third-order valence-corrected chi connectivity index (χ3v) is 4.68. The standard InChI is InChI=1S/C13H20N2O2S/c1-10-8-15-12(18-10)9-14-11-2-4-13(5-3-11)16-6-7-17-13/h8,11,14H,2-7,9H2,1H3. The lowest BCUT2D eigenvalue weighted by Crippen LogP contribution is -2.41. The molecule has 4 nitrogen and oxygen atoms in total. The van der Waals surface area contributed by atoms with Crippen molar-refractivity contribution in [1.82, 2.24) is 10.3 Å². The number of nitrogens with zero attached hydrogens (tertiary/aromatic N) is 1. The van der Waals surface area contributed by atoms with Gasteiger partial charge in [0.05, 0.1) is 13.2 Å². The Morgan fingerprint density at radius 2 is 2.11 bits per heavy atom. The Balaban J connectivity index is 1.45. The van der Waals surface area contributed by atoms with Crippen molar-refractivity contribution >= 4 is 11.3 Å². The predicted octanol–water partition coefficient (Wildman–Crippen LogP) is 2.23. The van der Waals surface area contributed by atoms with E-state index in [1.165, 1.54) is 9.88 Å². The number of hydrogen-bond donors (Lipinski definition) is 1. The fourth-order valence-corrected chi connectivity index (χ4v) is 3.50. The topological polar surface area (TPSA) is 43.4 Å². The Kier molecular flexibility index (Phi) is 3.66. The molecule has 0 bridgehead atoms. The van der Waals surface area contributed by atoms with Gasteiger partial charge in [0.1, 0.15) is 5.01 Å². The highest BCUT2D eigenvalue weighted by molar-refractivity contribution is 7.11. The van der Waals surface area contributed by atoms with Gasteiger partial charge in [0.15, 0.2) is 5.79 Å². The van der Waals surface area contributed by atoms with Gasteiger partial charge in [-0.25, -0.2) is 4.98 Å². The SMILES string of the molecule is Cc1cnc(CNC2CCC3(CC2)OCCO3)s1. The van der Waals surface area contributed by atoms with Gasteiger partial charge in [-0.1, -0.05) is 0 Å². The number of thiazole rings is 1. The molecule has 0 amide bonds. The van der Waals surface area contributed by atoms with E-state index in [1.54, 1.807) is 11.3 Å². The minimum absolute atomic E-state index is 0.240. The molecule has 1 saturated carbocycles. The highest BCUT2D eigenvalue weighted by Gasteiger charge is 2.40. The molecule has 18 heavy (non-hydrogen) atoms. The quantitative estimate of drug-likeness (QED) is 0.913. The first-order chi connectivity index (χ1) is 8.76. The maximum atomic E-state index is 5.74. The molecule has 1 aromatic heterocycles. The van der Waals surface area contributed by atoms with Gasteiger partial charge < -0.3 is 14.8 Å². The molecule has 0 unspecified atom stereocenters. The molecular weight excluding hydrogens is 248 g/mol. The third kappa shape index (κ3) is 2.74. The van der Waals surface area contributed by atoms with E-state index in [-0.39, 0.29) is 5.79 Å². The van der Waals surface area contributed by atoms with Gasteiger partial charge in [-0.2, -0.15) is 0 Å². The highest BCUT2D eigenvalue weighted by atomic mass is 32.1. The molecule has 1 spiro atoms. The minimum atomic E-state index is -0.240. The summed E-state index contributed by atoms with van der Waals surface area (Å²) in [6.45, 7) is 4.51. The average Bonchev–Trinajstić information content (AvgIpc) is 2.99. The van der Waals surface area contributed by atoms with Crippen LogP contribution in [0, 0.1) is 6.92 Å². The Morgan fingerprint density at radius 3 is 2.72 bits per heavy atom. The maximum Gasteiger partial charge on any atom is 0.168 e. The number of hydrogen-bond acceptors (Lipinski definition) is 5. The summed E-state index contributed by atoms with van der Waals surface area (Å²) in [5.74, 6) is -0.240. The summed E-state index contributed by atoms with van der Waals surface area (Å²) in [4.78, 5) is 5.66. The van der Waals surface area contributed by atoms with Gasteiger partial charge in [-0.05, 0) is 19.8 Å².